The third-order valence-electron chi connectivity index (χ3n) is 2.25. The molecule has 0 aliphatic heterocycles. The molecule has 0 aromatic carbocycles. The Morgan fingerprint density at radius 2 is 1.82 bits per heavy atom. The van der Waals surface area contributed by atoms with Crippen molar-refractivity contribution in [2.45, 2.75) is 47.5 Å². The Kier molecular flexibility index (Phi) is 4.23. The highest BCUT2D eigenvalue weighted by Crippen LogP contribution is 2.26. The lowest BCUT2D eigenvalue weighted by molar-refractivity contribution is 0.366. The van der Waals surface area contributed by atoms with E-state index in [-0.39, 0.29) is 0 Å². The highest BCUT2D eigenvalue weighted by Gasteiger charge is 2.18. The standard InChI is InChI=1S/C10H20S/c1-6-10(4,5)7-9(11)8(2)3/h8H,6-7H2,1-5H3. The van der Waals surface area contributed by atoms with Crippen LogP contribution in [0.5, 0.6) is 0 Å². The second kappa shape index (κ2) is 4.20. The second-order valence-electron chi connectivity index (χ2n) is 4.32. The maximum Gasteiger partial charge on any atom is -0.00408 e. The molecule has 0 aromatic heterocycles. The Labute approximate surface area is 76.4 Å². The van der Waals surface area contributed by atoms with E-state index in [4.69, 9.17) is 12.2 Å². The van der Waals surface area contributed by atoms with Crippen LogP contribution in [0.2, 0.25) is 0 Å². The minimum atomic E-state index is 0.404. The van der Waals surface area contributed by atoms with Crippen LogP contribution in [0.3, 0.4) is 0 Å². The predicted octanol–water partition coefficient (Wildman–Crippen LogP) is 3.84. The first-order valence-corrected chi connectivity index (χ1v) is 4.82. The summed E-state index contributed by atoms with van der Waals surface area (Å²) in [7, 11) is 0. The summed E-state index contributed by atoms with van der Waals surface area (Å²) in [4.78, 5) is 1.22. The number of hydrogen-bond donors (Lipinski definition) is 0. The first-order valence-electron chi connectivity index (χ1n) is 4.42. The molecule has 11 heavy (non-hydrogen) atoms. The lowest BCUT2D eigenvalue weighted by Crippen LogP contribution is -2.17. The van der Waals surface area contributed by atoms with Gasteiger partial charge in [0.05, 0.1) is 0 Å². The Morgan fingerprint density at radius 3 is 2.09 bits per heavy atom. The van der Waals surface area contributed by atoms with E-state index in [0.717, 1.165) is 6.42 Å². The van der Waals surface area contributed by atoms with Gasteiger partial charge in [-0.05, 0) is 22.6 Å². The molecule has 0 fully saturated rings. The van der Waals surface area contributed by atoms with Gasteiger partial charge in [-0.2, -0.15) is 0 Å². The second-order valence-corrected chi connectivity index (χ2v) is 4.84. The first kappa shape index (κ1) is 11.1. The van der Waals surface area contributed by atoms with Crippen LogP contribution < -0.4 is 0 Å². The summed E-state index contributed by atoms with van der Waals surface area (Å²) >= 11 is 5.29. The summed E-state index contributed by atoms with van der Waals surface area (Å²) in [5.41, 5.74) is 0.404. The van der Waals surface area contributed by atoms with Crippen molar-refractivity contribution in [2.75, 3.05) is 0 Å². The Morgan fingerprint density at radius 1 is 1.36 bits per heavy atom. The van der Waals surface area contributed by atoms with Gasteiger partial charge in [0.15, 0.2) is 0 Å². The highest BCUT2D eigenvalue weighted by molar-refractivity contribution is 7.80. The van der Waals surface area contributed by atoms with Crippen LogP contribution in [0.25, 0.3) is 0 Å². The van der Waals surface area contributed by atoms with E-state index in [2.05, 4.69) is 34.6 Å². The molecule has 0 saturated carbocycles. The molecule has 0 N–H and O–H groups in total. The molecule has 0 atom stereocenters. The number of thiocarbonyl (C=S) groups is 1. The maximum atomic E-state index is 5.29. The fourth-order valence-corrected chi connectivity index (χ4v) is 1.19. The van der Waals surface area contributed by atoms with Crippen molar-refractivity contribution < 1.29 is 0 Å². The normalized spacial score (nSPS) is 12.2. The topological polar surface area (TPSA) is 0 Å². The van der Waals surface area contributed by atoms with Crippen molar-refractivity contribution >= 4 is 17.1 Å². The van der Waals surface area contributed by atoms with Gasteiger partial charge in [-0.25, -0.2) is 0 Å². The number of hydrogen-bond acceptors (Lipinski definition) is 1. The summed E-state index contributed by atoms with van der Waals surface area (Å²) in [6, 6.07) is 0. The summed E-state index contributed by atoms with van der Waals surface area (Å²) in [5.74, 6) is 0.566. The molecule has 66 valence electrons. The molecule has 0 heterocycles. The fraction of sp³-hybridized carbons (Fsp3) is 0.900. The molecule has 0 aromatic rings. The molecule has 0 bridgehead atoms. The Bertz CT molecular complexity index is 134. The van der Waals surface area contributed by atoms with E-state index < -0.39 is 0 Å². The highest BCUT2D eigenvalue weighted by atomic mass is 32.1. The van der Waals surface area contributed by atoms with Gasteiger partial charge in [0.2, 0.25) is 0 Å². The summed E-state index contributed by atoms with van der Waals surface area (Å²) in [5, 5.41) is 0. The molecule has 1 heteroatoms. The van der Waals surface area contributed by atoms with E-state index in [0.29, 0.717) is 11.3 Å². The molecule has 0 radical (unpaired) electrons. The van der Waals surface area contributed by atoms with E-state index in [9.17, 15) is 0 Å². The van der Waals surface area contributed by atoms with Gasteiger partial charge < -0.3 is 0 Å². The smallest absolute Gasteiger partial charge is 0.00408 e. The third-order valence-corrected chi connectivity index (χ3v) is 2.87. The van der Waals surface area contributed by atoms with Gasteiger partial charge in [-0.15, -0.1) is 0 Å². The van der Waals surface area contributed by atoms with Crippen LogP contribution in [0.4, 0.5) is 0 Å². The van der Waals surface area contributed by atoms with E-state index in [1.54, 1.807) is 0 Å². The molecule has 0 rings (SSSR count). The molecular weight excluding hydrogens is 152 g/mol. The molecule has 0 aliphatic rings. The van der Waals surface area contributed by atoms with Crippen molar-refractivity contribution in [3.05, 3.63) is 0 Å². The Hall–Kier alpha value is 0.0900. The minimum Gasteiger partial charge on any atom is -0.0894 e. The molecule has 0 amide bonds. The molecule has 0 saturated heterocycles. The van der Waals surface area contributed by atoms with Crippen molar-refractivity contribution in [1.29, 1.82) is 0 Å². The Balaban J connectivity index is 3.94. The van der Waals surface area contributed by atoms with Gasteiger partial charge >= 0.3 is 0 Å². The van der Waals surface area contributed by atoms with Gasteiger partial charge in [-0.3, -0.25) is 0 Å². The average molecular weight is 172 g/mol. The summed E-state index contributed by atoms with van der Waals surface area (Å²) < 4.78 is 0. The minimum absolute atomic E-state index is 0.404. The largest absolute Gasteiger partial charge is 0.0894 e. The summed E-state index contributed by atoms with van der Waals surface area (Å²) in [6.45, 7) is 11.1. The van der Waals surface area contributed by atoms with Crippen LogP contribution in [0.15, 0.2) is 0 Å². The molecule has 0 aliphatic carbocycles. The monoisotopic (exact) mass is 172 g/mol. The van der Waals surface area contributed by atoms with Crippen LogP contribution >= 0.6 is 12.2 Å². The zero-order chi connectivity index (χ0) is 9.07. The molecule has 0 spiro atoms. The third kappa shape index (κ3) is 4.52. The lowest BCUT2D eigenvalue weighted by atomic mass is 9.83. The van der Waals surface area contributed by atoms with Crippen molar-refractivity contribution in [3.63, 3.8) is 0 Å². The van der Waals surface area contributed by atoms with Crippen LogP contribution in [-0.4, -0.2) is 4.86 Å². The van der Waals surface area contributed by atoms with Crippen molar-refractivity contribution in [1.82, 2.24) is 0 Å². The van der Waals surface area contributed by atoms with Gasteiger partial charge in [0, 0.05) is 0 Å². The quantitative estimate of drug-likeness (QED) is 0.581. The van der Waals surface area contributed by atoms with Gasteiger partial charge in [0.1, 0.15) is 0 Å². The van der Waals surface area contributed by atoms with Gasteiger partial charge in [-0.1, -0.05) is 53.3 Å². The fourth-order valence-electron chi connectivity index (χ4n) is 0.801. The molecule has 0 unspecified atom stereocenters. The van der Waals surface area contributed by atoms with Crippen molar-refractivity contribution in [2.24, 2.45) is 11.3 Å². The van der Waals surface area contributed by atoms with E-state index in [1.165, 1.54) is 11.3 Å². The zero-order valence-electron chi connectivity index (χ0n) is 8.40. The SMILES string of the molecule is CCC(C)(C)CC(=S)C(C)C. The van der Waals surface area contributed by atoms with Crippen LogP contribution in [0, 0.1) is 11.3 Å². The molecule has 0 nitrogen and oxygen atoms in total. The van der Waals surface area contributed by atoms with Gasteiger partial charge in [0.25, 0.3) is 0 Å². The van der Waals surface area contributed by atoms with Crippen molar-refractivity contribution in [3.8, 4) is 0 Å². The lowest BCUT2D eigenvalue weighted by Gasteiger charge is -2.24. The average Bonchev–Trinajstić information content (AvgIpc) is 1.87. The first-order chi connectivity index (χ1) is 4.89. The molecular formula is C10H20S. The predicted molar refractivity (Wildman–Crippen MR) is 56.1 cm³/mol. The van der Waals surface area contributed by atoms with Crippen LogP contribution in [0.1, 0.15) is 47.5 Å². The maximum absolute atomic E-state index is 5.29. The zero-order valence-corrected chi connectivity index (χ0v) is 9.22. The summed E-state index contributed by atoms with van der Waals surface area (Å²) in [6.07, 6.45) is 2.30. The van der Waals surface area contributed by atoms with Crippen LogP contribution in [-0.2, 0) is 0 Å². The van der Waals surface area contributed by atoms with E-state index >= 15 is 0 Å². The van der Waals surface area contributed by atoms with E-state index in [1.807, 2.05) is 0 Å². The number of rotatable bonds is 4.